The van der Waals surface area contributed by atoms with Crippen molar-refractivity contribution in [1.29, 1.82) is 0 Å². The summed E-state index contributed by atoms with van der Waals surface area (Å²) < 4.78 is 5.27. The van der Waals surface area contributed by atoms with Crippen molar-refractivity contribution in [3.63, 3.8) is 0 Å². The number of nitrogens with one attached hydrogen (secondary N) is 1. The lowest BCUT2D eigenvalue weighted by Crippen LogP contribution is -2.52. The Bertz CT molecular complexity index is 521. The first kappa shape index (κ1) is 14.3. The third-order valence-corrected chi connectivity index (χ3v) is 6.19. The van der Waals surface area contributed by atoms with Gasteiger partial charge in [0.1, 0.15) is 11.4 Å². The summed E-state index contributed by atoms with van der Waals surface area (Å²) in [6, 6.07) is 3.50. The van der Waals surface area contributed by atoms with Crippen molar-refractivity contribution >= 4 is 5.91 Å². The van der Waals surface area contributed by atoms with Gasteiger partial charge >= 0.3 is 0 Å². The van der Waals surface area contributed by atoms with Crippen molar-refractivity contribution in [3.05, 3.63) is 24.2 Å². The first-order valence-corrected chi connectivity index (χ1v) is 8.57. The van der Waals surface area contributed by atoms with E-state index in [1.54, 1.807) is 25.3 Å². The maximum atomic E-state index is 12.7. The van der Waals surface area contributed by atoms with Crippen LogP contribution in [0, 0.1) is 29.6 Å². The maximum absolute atomic E-state index is 12.7. The third kappa shape index (κ3) is 2.37. The van der Waals surface area contributed by atoms with Crippen molar-refractivity contribution in [1.82, 2.24) is 5.32 Å². The standard InChI is InChI=1S/C18H25NO3/c1-18(21,15-3-2-4-22-15)10-19-17(20)16-13-6-11-5-12(8-13)9-14(16)7-11/h2-4,11-14,16,21H,5-10H2,1H3,(H,19,20). The van der Waals surface area contributed by atoms with Gasteiger partial charge in [-0.05, 0) is 74.8 Å². The van der Waals surface area contributed by atoms with Gasteiger partial charge in [-0.25, -0.2) is 0 Å². The molecular formula is C18H25NO3. The number of carbonyl (C=O) groups excluding carboxylic acids is 1. The van der Waals surface area contributed by atoms with Crippen LogP contribution in [0.4, 0.5) is 0 Å². The second-order valence-electron chi connectivity index (χ2n) is 7.93. The molecule has 120 valence electrons. The second-order valence-corrected chi connectivity index (χ2v) is 7.93. The summed E-state index contributed by atoms with van der Waals surface area (Å²) in [5.74, 6) is 3.70. The molecule has 4 aliphatic rings. The van der Waals surface area contributed by atoms with Crippen molar-refractivity contribution in [2.75, 3.05) is 6.54 Å². The highest BCUT2D eigenvalue weighted by Crippen LogP contribution is 2.56. The van der Waals surface area contributed by atoms with E-state index in [1.807, 2.05) is 0 Å². The number of furan rings is 1. The smallest absolute Gasteiger partial charge is 0.223 e. The molecular weight excluding hydrogens is 278 g/mol. The SMILES string of the molecule is CC(O)(CNC(=O)C1C2CC3CC(C2)CC1C3)c1ccco1. The molecule has 1 unspecified atom stereocenters. The molecule has 0 aromatic carbocycles. The average molecular weight is 303 g/mol. The number of aliphatic hydroxyl groups is 1. The monoisotopic (exact) mass is 303 g/mol. The molecule has 0 aliphatic heterocycles. The Morgan fingerprint density at radius 3 is 2.45 bits per heavy atom. The normalized spacial score (nSPS) is 38.7. The Morgan fingerprint density at radius 1 is 1.27 bits per heavy atom. The molecule has 5 rings (SSSR count). The van der Waals surface area contributed by atoms with E-state index in [2.05, 4.69) is 5.32 Å². The molecule has 0 saturated heterocycles. The summed E-state index contributed by atoms with van der Waals surface area (Å²) in [6.07, 6.45) is 7.89. The van der Waals surface area contributed by atoms with Crippen LogP contribution in [0.2, 0.25) is 0 Å². The van der Waals surface area contributed by atoms with Crippen LogP contribution in [0.25, 0.3) is 0 Å². The zero-order chi connectivity index (χ0) is 15.3. The topological polar surface area (TPSA) is 62.5 Å². The Morgan fingerprint density at radius 2 is 1.91 bits per heavy atom. The molecule has 22 heavy (non-hydrogen) atoms. The Hall–Kier alpha value is -1.29. The highest BCUT2D eigenvalue weighted by atomic mass is 16.4. The minimum absolute atomic E-state index is 0.139. The summed E-state index contributed by atoms with van der Waals surface area (Å²) in [5.41, 5.74) is -1.15. The van der Waals surface area contributed by atoms with Crippen molar-refractivity contribution < 1.29 is 14.3 Å². The fourth-order valence-corrected chi connectivity index (χ4v) is 5.40. The molecule has 1 atom stereocenters. The molecule has 1 aromatic rings. The zero-order valence-corrected chi connectivity index (χ0v) is 13.1. The predicted molar refractivity (Wildman–Crippen MR) is 81.8 cm³/mol. The van der Waals surface area contributed by atoms with E-state index in [4.69, 9.17) is 4.42 Å². The summed E-state index contributed by atoms with van der Waals surface area (Å²) in [7, 11) is 0. The van der Waals surface area contributed by atoms with E-state index in [0.29, 0.717) is 17.6 Å². The highest BCUT2D eigenvalue weighted by molar-refractivity contribution is 5.79. The van der Waals surface area contributed by atoms with Gasteiger partial charge in [-0.2, -0.15) is 0 Å². The number of rotatable bonds is 4. The van der Waals surface area contributed by atoms with Gasteiger partial charge in [-0.1, -0.05) is 0 Å². The molecule has 0 radical (unpaired) electrons. The van der Waals surface area contributed by atoms with Crippen LogP contribution in [0.15, 0.2) is 22.8 Å². The van der Waals surface area contributed by atoms with Crippen molar-refractivity contribution in [3.8, 4) is 0 Å². The molecule has 1 heterocycles. The molecule has 4 bridgehead atoms. The highest BCUT2D eigenvalue weighted by Gasteiger charge is 2.50. The van der Waals surface area contributed by atoms with E-state index in [0.717, 1.165) is 11.8 Å². The predicted octanol–water partition coefficient (Wildman–Crippen LogP) is 2.68. The van der Waals surface area contributed by atoms with Gasteiger partial charge in [0.05, 0.1) is 12.8 Å². The Labute approximate surface area is 131 Å². The summed E-state index contributed by atoms with van der Waals surface area (Å²) >= 11 is 0. The van der Waals surface area contributed by atoms with E-state index >= 15 is 0 Å². The Balaban J connectivity index is 1.40. The van der Waals surface area contributed by atoms with Gasteiger partial charge in [0.2, 0.25) is 5.91 Å². The largest absolute Gasteiger partial charge is 0.466 e. The van der Waals surface area contributed by atoms with Crippen molar-refractivity contribution in [2.24, 2.45) is 29.6 Å². The second kappa shape index (κ2) is 5.12. The number of hydrogen-bond donors (Lipinski definition) is 2. The van der Waals surface area contributed by atoms with Gasteiger partial charge in [0.15, 0.2) is 0 Å². The van der Waals surface area contributed by atoms with Gasteiger partial charge in [0.25, 0.3) is 0 Å². The minimum Gasteiger partial charge on any atom is -0.466 e. The van der Waals surface area contributed by atoms with Crippen molar-refractivity contribution in [2.45, 2.75) is 44.6 Å². The fourth-order valence-electron chi connectivity index (χ4n) is 5.40. The van der Waals surface area contributed by atoms with Crippen LogP contribution >= 0.6 is 0 Å². The quantitative estimate of drug-likeness (QED) is 0.899. The maximum Gasteiger partial charge on any atom is 0.223 e. The van der Waals surface area contributed by atoms with Gasteiger partial charge in [-0.15, -0.1) is 0 Å². The van der Waals surface area contributed by atoms with E-state index < -0.39 is 5.60 Å². The molecule has 1 amide bonds. The van der Waals surface area contributed by atoms with Crippen LogP contribution in [-0.2, 0) is 10.4 Å². The van der Waals surface area contributed by atoms with Crippen LogP contribution < -0.4 is 5.32 Å². The first-order chi connectivity index (χ1) is 10.5. The molecule has 2 N–H and O–H groups in total. The van der Waals surface area contributed by atoms with E-state index in [9.17, 15) is 9.90 Å². The fraction of sp³-hybridized carbons (Fsp3) is 0.722. The summed E-state index contributed by atoms with van der Waals surface area (Å²) in [5, 5.41) is 13.5. The molecule has 4 heteroatoms. The van der Waals surface area contributed by atoms with Crippen LogP contribution in [-0.4, -0.2) is 17.6 Å². The van der Waals surface area contributed by atoms with Gasteiger partial charge in [0, 0.05) is 5.92 Å². The molecule has 4 fully saturated rings. The van der Waals surface area contributed by atoms with E-state index in [-0.39, 0.29) is 18.4 Å². The number of amides is 1. The minimum atomic E-state index is -1.15. The number of hydrogen-bond acceptors (Lipinski definition) is 3. The lowest BCUT2D eigenvalue weighted by atomic mass is 9.51. The summed E-state index contributed by atoms with van der Waals surface area (Å²) in [6.45, 7) is 1.89. The average Bonchev–Trinajstić information content (AvgIpc) is 2.99. The summed E-state index contributed by atoms with van der Waals surface area (Å²) in [4.78, 5) is 12.7. The lowest BCUT2D eigenvalue weighted by molar-refractivity contribution is -0.139. The molecule has 4 nitrogen and oxygen atoms in total. The lowest BCUT2D eigenvalue weighted by Gasteiger charge is -2.53. The van der Waals surface area contributed by atoms with Crippen LogP contribution in [0.5, 0.6) is 0 Å². The molecule has 4 aliphatic carbocycles. The molecule has 0 spiro atoms. The third-order valence-electron chi connectivity index (χ3n) is 6.19. The zero-order valence-electron chi connectivity index (χ0n) is 13.1. The van der Waals surface area contributed by atoms with Gasteiger partial charge in [-0.3, -0.25) is 4.79 Å². The molecule has 1 aromatic heterocycles. The van der Waals surface area contributed by atoms with Gasteiger partial charge < -0.3 is 14.8 Å². The van der Waals surface area contributed by atoms with Crippen LogP contribution in [0.3, 0.4) is 0 Å². The van der Waals surface area contributed by atoms with E-state index in [1.165, 1.54) is 32.1 Å². The Kier molecular flexibility index (Phi) is 3.33. The molecule has 4 saturated carbocycles. The first-order valence-electron chi connectivity index (χ1n) is 8.57. The number of carbonyl (C=O) groups is 1. The van der Waals surface area contributed by atoms with Crippen LogP contribution in [0.1, 0.15) is 44.8 Å².